The van der Waals surface area contributed by atoms with Gasteiger partial charge in [-0.25, -0.2) is 4.98 Å². The molecule has 0 bridgehead atoms. The first kappa shape index (κ1) is 21.9. The SMILES string of the molecule is CCCCP(CCCC)CCCC.Cc1cnc(-c2ccccc2)[nH]1. The summed E-state index contributed by atoms with van der Waals surface area (Å²) in [7, 11) is 0.422. The number of rotatable bonds is 10. The second kappa shape index (κ2) is 14.1. The van der Waals surface area contributed by atoms with Crippen LogP contribution in [0.5, 0.6) is 0 Å². The van der Waals surface area contributed by atoms with Crippen molar-refractivity contribution in [2.45, 2.75) is 66.2 Å². The van der Waals surface area contributed by atoms with E-state index in [4.69, 9.17) is 0 Å². The minimum atomic E-state index is 0.422. The summed E-state index contributed by atoms with van der Waals surface area (Å²) >= 11 is 0. The quantitative estimate of drug-likeness (QED) is 0.444. The molecule has 0 atom stereocenters. The number of nitrogens with zero attached hydrogens (tertiary/aromatic N) is 1. The van der Waals surface area contributed by atoms with Crippen molar-refractivity contribution in [1.29, 1.82) is 0 Å². The summed E-state index contributed by atoms with van der Waals surface area (Å²) in [6.45, 7) is 8.94. The van der Waals surface area contributed by atoms with E-state index in [-0.39, 0.29) is 0 Å². The summed E-state index contributed by atoms with van der Waals surface area (Å²) in [5, 5.41) is 0. The fraction of sp³-hybridized carbons (Fsp3) is 0.591. The highest BCUT2D eigenvalue weighted by molar-refractivity contribution is 7.57. The number of aromatic amines is 1. The van der Waals surface area contributed by atoms with Crippen LogP contribution in [0.25, 0.3) is 11.4 Å². The van der Waals surface area contributed by atoms with Gasteiger partial charge in [0.15, 0.2) is 0 Å². The van der Waals surface area contributed by atoms with E-state index in [0.717, 1.165) is 17.1 Å². The highest BCUT2D eigenvalue weighted by Crippen LogP contribution is 2.38. The summed E-state index contributed by atoms with van der Waals surface area (Å²) in [6.07, 6.45) is 15.1. The number of imidazole rings is 1. The number of unbranched alkanes of at least 4 members (excludes halogenated alkanes) is 3. The maximum absolute atomic E-state index is 4.23. The van der Waals surface area contributed by atoms with Crippen molar-refractivity contribution < 1.29 is 0 Å². The van der Waals surface area contributed by atoms with Crippen LogP contribution in [0.15, 0.2) is 36.5 Å². The molecule has 3 heteroatoms. The van der Waals surface area contributed by atoms with Crippen LogP contribution in [0.2, 0.25) is 0 Å². The molecule has 1 aromatic carbocycles. The van der Waals surface area contributed by atoms with Crippen LogP contribution in [0.4, 0.5) is 0 Å². The van der Waals surface area contributed by atoms with Crippen molar-refractivity contribution in [3.05, 3.63) is 42.2 Å². The predicted molar refractivity (Wildman–Crippen MR) is 115 cm³/mol. The van der Waals surface area contributed by atoms with Gasteiger partial charge in [-0.3, -0.25) is 0 Å². The molecule has 0 unspecified atom stereocenters. The lowest BCUT2D eigenvalue weighted by molar-refractivity contribution is 0.847. The van der Waals surface area contributed by atoms with Crippen LogP contribution in [-0.4, -0.2) is 28.5 Å². The van der Waals surface area contributed by atoms with E-state index >= 15 is 0 Å². The Morgan fingerprint density at radius 3 is 1.76 bits per heavy atom. The maximum Gasteiger partial charge on any atom is 0.137 e. The predicted octanol–water partition coefficient (Wildman–Crippen LogP) is 7.25. The fourth-order valence-corrected chi connectivity index (χ4v) is 5.60. The third-order valence-corrected chi connectivity index (χ3v) is 7.08. The molecule has 1 aromatic heterocycles. The molecular weight excluding hydrogens is 323 g/mol. The number of aromatic nitrogens is 2. The van der Waals surface area contributed by atoms with Crippen LogP contribution >= 0.6 is 7.92 Å². The van der Waals surface area contributed by atoms with Crippen LogP contribution in [0.1, 0.15) is 65.0 Å². The molecule has 1 heterocycles. The van der Waals surface area contributed by atoms with E-state index in [0.29, 0.717) is 7.92 Å². The average molecular weight is 361 g/mol. The normalized spacial score (nSPS) is 10.6. The van der Waals surface area contributed by atoms with Gasteiger partial charge >= 0.3 is 0 Å². The standard InChI is InChI=1S/C12H27P.C10H10N2/c1-4-7-10-13(11-8-5-2)12-9-6-3;1-8-7-11-10(12-8)9-5-3-2-4-6-9/h4-12H2,1-3H3;2-7H,1H3,(H,11,12). The zero-order valence-corrected chi connectivity index (χ0v) is 17.6. The van der Waals surface area contributed by atoms with Gasteiger partial charge in [0.1, 0.15) is 5.82 Å². The van der Waals surface area contributed by atoms with Crippen LogP contribution in [-0.2, 0) is 0 Å². The first-order valence-electron chi connectivity index (χ1n) is 10.0. The van der Waals surface area contributed by atoms with E-state index < -0.39 is 0 Å². The molecular formula is C22H37N2P. The highest BCUT2D eigenvalue weighted by Gasteiger charge is 2.05. The van der Waals surface area contributed by atoms with E-state index in [1.54, 1.807) is 18.5 Å². The number of H-pyrrole nitrogens is 1. The van der Waals surface area contributed by atoms with E-state index in [1.165, 1.54) is 38.5 Å². The fourth-order valence-electron chi connectivity index (χ4n) is 2.64. The molecule has 2 nitrogen and oxygen atoms in total. The lowest BCUT2D eigenvalue weighted by Crippen LogP contribution is -1.95. The van der Waals surface area contributed by atoms with Crippen LogP contribution < -0.4 is 0 Å². The van der Waals surface area contributed by atoms with Gasteiger partial charge < -0.3 is 4.98 Å². The summed E-state index contributed by atoms with van der Waals surface area (Å²) in [5.41, 5.74) is 2.22. The first-order valence-corrected chi connectivity index (χ1v) is 11.9. The summed E-state index contributed by atoms with van der Waals surface area (Å²) in [4.78, 5) is 7.41. The van der Waals surface area contributed by atoms with Crippen molar-refractivity contribution in [2.24, 2.45) is 0 Å². The number of nitrogens with one attached hydrogen (secondary N) is 1. The molecule has 2 rings (SSSR count). The summed E-state index contributed by atoms with van der Waals surface area (Å²) in [6, 6.07) is 10.1. The lowest BCUT2D eigenvalue weighted by atomic mass is 10.2. The minimum Gasteiger partial charge on any atom is -0.342 e. The maximum atomic E-state index is 4.23. The Balaban J connectivity index is 0.000000250. The molecule has 0 fully saturated rings. The Bertz CT molecular complexity index is 517. The van der Waals surface area contributed by atoms with Gasteiger partial charge in [0, 0.05) is 17.5 Å². The summed E-state index contributed by atoms with van der Waals surface area (Å²) < 4.78 is 0. The Hall–Kier alpha value is -1.14. The Labute approximate surface area is 156 Å². The second-order valence-corrected chi connectivity index (χ2v) is 9.37. The molecule has 0 saturated carbocycles. The monoisotopic (exact) mass is 360 g/mol. The van der Waals surface area contributed by atoms with Crippen molar-refractivity contribution in [3.8, 4) is 11.4 Å². The van der Waals surface area contributed by atoms with E-state index in [2.05, 4.69) is 30.7 Å². The van der Waals surface area contributed by atoms with Gasteiger partial charge in [-0.05, 0) is 44.7 Å². The highest BCUT2D eigenvalue weighted by atomic mass is 31.1. The Morgan fingerprint density at radius 2 is 1.36 bits per heavy atom. The van der Waals surface area contributed by atoms with E-state index in [9.17, 15) is 0 Å². The second-order valence-electron chi connectivity index (χ2n) is 6.68. The van der Waals surface area contributed by atoms with Crippen molar-refractivity contribution in [1.82, 2.24) is 9.97 Å². The van der Waals surface area contributed by atoms with Crippen molar-refractivity contribution >= 4 is 7.92 Å². The molecule has 0 saturated heterocycles. The molecule has 2 aromatic rings. The molecule has 1 N–H and O–H groups in total. The van der Waals surface area contributed by atoms with Crippen LogP contribution in [0, 0.1) is 6.92 Å². The van der Waals surface area contributed by atoms with Gasteiger partial charge in [-0.2, -0.15) is 0 Å². The third kappa shape index (κ3) is 9.80. The Morgan fingerprint density at radius 1 is 0.840 bits per heavy atom. The van der Waals surface area contributed by atoms with E-state index in [1.807, 2.05) is 43.5 Å². The van der Waals surface area contributed by atoms with Gasteiger partial charge in [0.05, 0.1) is 0 Å². The molecule has 0 aliphatic carbocycles. The number of hydrogen-bond acceptors (Lipinski definition) is 1. The Kier molecular flexibility index (Phi) is 12.3. The molecule has 0 amide bonds. The van der Waals surface area contributed by atoms with Gasteiger partial charge in [-0.15, -0.1) is 7.92 Å². The van der Waals surface area contributed by atoms with Crippen LogP contribution in [0.3, 0.4) is 0 Å². The molecule has 0 spiro atoms. The largest absolute Gasteiger partial charge is 0.342 e. The summed E-state index contributed by atoms with van der Waals surface area (Å²) in [5.74, 6) is 0.938. The number of hydrogen-bond donors (Lipinski definition) is 1. The van der Waals surface area contributed by atoms with Gasteiger partial charge in [0.25, 0.3) is 0 Å². The zero-order chi connectivity index (χ0) is 18.3. The number of benzene rings is 1. The first-order chi connectivity index (χ1) is 12.2. The molecule has 0 radical (unpaired) electrons. The van der Waals surface area contributed by atoms with Gasteiger partial charge in [0.2, 0.25) is 0 Å². The molecule has 0 aliphatic rings. The van der Waals surface area contributed by atoms with Crippen molar-refractivity contribution in [3.63, 3.8) is 0 Å². The van der Waals surface area contributed by atoms with Crippen molar-refractivity contribution in [2.75, 3.05) is 18.5 Å². The molecule has 140 valence electrons. The molecule has 0 aliphatic heterocycles. The third-order valence-electron chi connectivity index (χ3n) is 4.23. The zero-order valence-electron chi connectivity index (χ0n) is 16.7. The molecule has 25 heavy (non-hydrogen) atoms. The minimum absolute atomic E-state index is 0.422. The average Bonchev–Trinajstić information content (AvgIpc) is 3.09. The van der Waals surface area contributed by atoms with Gasteiger partial charge in [-0.1, -0.05) is 70.4 Å². The smallest absolute Gasteiger partial charge is 0.137 e. The topological polar surface area (TPSA) is 28.7 Å². The number of aryl methyl sites for hydroxylation is 1. The lowest BCUT2D eigenvalue weighted by Gasteiger charge is -2.16.